The smallest absolute Gasteiger partial charge is 0.239 e. The van der Waals surface area contributed by atoms with Crippen molar-refractivity contribution in [3.05, 3.63) is 29.8 Å². The predicted molar refractivity (Wildman–Crippen MR) is 96.4 cm³/mol. The molecular formula is C19H29N3O3. The summed E-state index contributed by atoms with van der Waals surface area (Å²) in [6.07, 6.45) is 1.78. The van der Waals surface area contributed by atoms with E-state index in [0.717, 1.165) is 64.5 Å². The molecule has 2 saturated heterocycles. The third-order valence-corrected chi connectivity index (χ3v) is 5.33. The molecule has 0 radical (unpaired) electrons. The molecule has 2 aliphatic rings. The van der Waals surface area contributed by atoms with Gasteiger partial charge in [0, 0.05) is 51.5 Å². The van der Waals surface area contributed by atoms with Crippen molar-refractivity contribution >= 4 is 5.91 Å². The zero-order valence-corrected chi connectivity index (χ0v) is 15.0. The Morgan fingerprint density at radius 3 is 2.60 bits per heavy atom. The fourth-order valence-corrected chi connectivity index (χ4v) is 3.69. The molecule has 138 valence electrons. The van der Waals surface area contributed by atoms with Gasteiger partial charge in [0.05, 0.1) is 13.2 Å². The summed E-state index contributed by atoms with van der Waals surface area (Å²) in [5.41, 5.74) is 7.43. The molecule has 6 nitrogen and oxygen atoms in total. The predicted octanol–water partition coefficient (Wildman–Crippen LogP) is 1.09. The third kappa shape index (κ3) is 4.51. The number of amides is 1. The van der Waals surface area contributed by atoms with Gasteiger partial charge in [-0.05, 0) is 24.8 Å². The fourth-order valence-electron chi connectivity index (χ4n) is 3.69. The molecule has 2 heterocycles. The minimum absolute atomic E-state index is 0.101. The summed E-state index contributed by atoms with van der Waals surface area (Å²) in [6, 6.07) is 7.71. The first-order valence-electron chi connectivity index (χ1n) is 9.15. The van der Waals surface area contributed by atoms with E-state index in [1.165, 1.54) is 5.56 Å². The molecule has 2 aliphatic heterocycles. The van der Waals surface area contributed by atoms with E-state index in [1.54, 1.807) is 7.11 Å². The maximum atomic E-state index is 12.7. The zero-order valence-electron chi connectivity index (χ0n) is 15.0. The molecule has 0 saturated carbocycles. The Balaban J connectivity index is 1.50. The van der Waals surface area contributed by atoms with Crippen LogP contribution in [0.2, 0.25) is 0 Å². The quantitative estimate of drug-likeness (QED) is 0.864. The molecule has 6 heteroatoms. The lowest BCUT2D eigenvalue weighted by Crippen LogP contribution is -2.55. The Hall–Kier alpha value is -1.63. The number of para-hydroxylation sites is 1. The van der Waals surface area contributed by atoms with Crippen LogP contribution >= 0.6 is 0 Å². The van der Waals surface area contributed by atoms with Crippen LogP contribution in [0.15, 0.2) is 24.3 Å². The lowest BCUT2D eigenvalue weighted by Gasteiger charge is -2.37. The molecular weight excluding hydrogens is 318 g/mol. The van der Waals surface area contributed by atoms with Gasteiger partial charge < -0.3 is 20.1 Å². The van der Waals surface area contributed by atoms with Gasteiger partial charge in [-0.15, -0.1) is 0 Å². The van der Waals surface area contributed by atoms with Gasteiger partial charge in [-0.3, -0.25) is 9.69 Å². The summed E-state index contributed by atoms with van der Waals surface area (Å²) in [6.45, 7) is 5.50. The average molecular weight is 347 g/mol. The monoisotopic (exact) mass is 347 g/mol. The van der Waals surface area contributed by atoms with Crippen molar-refractivity contribution in [2.24, 2.45) is 11.7 Å². The number of hydrogen-bond donors (Lipinski definition) is 1. The summed E-state index contributed by atoms with van der Waals surface area (Å²) in [5.74, 6) is 1.28. The Kier molecular flexibility index (Phi) is 6.29. The maximum absolute atomic E-state index is 12.7. The first kappa shape index (κ1) is 18.2. The number of ether oxygens (including phenoxy) is 2. The molecule has 2 N–H and O–H groups in total. The third-order valence-electron chi connectivity index (χ3n) is 5.33. The number of carbonyl (C=O) groups excluding carboxylic acids is 1. The van der Waals surface area contributed by atoms with Crippen molar-refractivity contribution in [3.63, 3.8) is 0 Å². The van der Waals surface area contributed by atoms with E-state index < -0.39 is 0 Å². The Bertz CT molecular complexity index is 567. The maximum Gasteiger partial charge on any atom is 0.239 e. The highest BCUT2D eigenvalue weighted by molar-refractivity contribution is 5.82. The SMILES string of the molecule is COc1ccccc1CN1CCN(C(=O)C(N)C2CCOCC2)CC1. The van der Waals surface area contributed by atoms with Crippen LogP contribution in [-0.4, -0.2) is 68.3 Å². The van der Waals surface area contributed by atoms with Crippen molar-refractivity contribution in [1.29, 1.82) is 0 Å². The van der Waals surface area contributed by atoms with E-state index >= 15 is 0 Å². The topological polar surface area (TPSA) is 68.0 Å². The molecule has 3 rings (SSSR count). The molecule has 1 unspecified atom stereocenters. The second kappa shape index (κ2) is 8.65. The highest BCUT2D eigenvalue weighted by atomic mass is 16.5. The van der Waals surface area contributed by atoms with Crippen LogP contribution in [0, 0.1) is 5.92 Å². The average Bonchev–Trinajstić information content (AvgIpc) is 2.68. The van der Waals surface area contributed by atoms with Crippen molar-refractivity contribution < 1.29 is 14.3 Å². The van der Waals surface area contributed by atoms with Crippen molar-refractivity contribution in [2.45, 2.75) is 25.4 Å². The summed E-state index contributed by atoms with van der Waals surface area (Å²) in [5, 5.41) is 0. The minimum atomic E-state index is -0.385. The van der Waals surface area contributed by atoms with E-state index in [9.17, 15) is 4.79 Å². The van der Waals surface area contributed by atoms with Gasteiger partial charge in [0.2, 0.25) is 5.91 Å². The fraction of sp³-hybridized carbons (Fsp3) is 0.632. The van der Waals surface area contributed by atoms with Gasteiger partial charge >= 0.3 is 0 Å². The Morgan fingerprint density at radius 1 is 1.24 bits per heavy atom. The van der Waals surface area contributed by atoms with Crippen LogP contribution in [0.5, 0.6) is 5.75 Å². The molecule has 2 fully saturated rings. The number of rotatable bonds is 5. The van der Waals surface area contributed by atoms with Crippen LogP contribution in [0.1, 0.15) is 18.4 Å². The molecule has 1 aromatic rings. The Labute approximate surface area is 149 Å². The van der Waals surface area contributed by atoms with E-state index in [2.05, 4.69) is 11.0 Å². The molecule has 1 amide bonds. The molecule has 0 aliphatic carbocycles. The zero-order chi connectivity index (χ0) is 17.6. The number of nitrogens with zero attached hydrogens (tertiary/aromatic N) is 2. The van der Waals surface area contributed by atoms with Gasteiger partial charge in [0.1, 0.15) is 5.75 Å². The van der Waals surface area contributed by atoms with E-state index in [-0.39, 0.29) is 17.9 Å². The Morgan fingerprint density at radius 2 is 1.92 bits per heavy atom. The number of hydrogen-bond acceptors (Lipinski definition) is 5. The standard InChI is InChI=1S/C19H29N3O3/c1-24-17-5-3-2-4-16(17)14-21-8-10-22(11-9-21)19(23)18(20)15-6-12-25-13-7-15/h2-5,15,18H,6-14,20H2,1H3. The second-order valence-electron chi connectivity index (χ2n) is 6.89. The van der Waals surface area contributed by atoms with Gasteiger partial charge in [-0.25, -0.2) is 0 Å². The van der Waals surface area contributed by atoms with Crippen molar-refractivity contribution in [3.8, 4) is 5.75 Å². The second-order valence-corrected chi connectivity index (χ2v) is 6.89. The van der Waals surface area contributed by atoms with Crippen LogP contribution in [0.4, 0.5) is 0 Å². The molecule has 0 aromatic heterocycles. The van der Waals surface area contributed by atoms with E-state index in [4.69, 9.17) is 15.2 Å². The van der Waals surface area contributed by atoms with E-state index in [0.29, 0.717) is 0 Å². The van der Waals surface area contributed by atoms with Crippen molar-refractivity contribution in [2.75, 3.05) is 46.5 Å². The number of benzene rings is 1. The normalized spacial score (nSPS) is 21.1. The van der Waals surface area contributed by atoms with Gasteiger partial charge in [-0.2, -0.15) is 0 Å². The number of nitrogens with two attached hydrogens (primary N) is 1. The summed E-state index contributed by atoms with van der Waals surface area (Å²) < 4.78 is 10.8. The number of piperazine rings is 1. The molecule has 0 spiro atoms. The highest BCUT2D eigenvalue weighted by Crippen LogP contribution is 2.21. The summed E-state index contributed by atoms with van der Waals surface area (Å²) in [4.78, 5) is 17.0. The van der Waals surface area contributed by atoms with Crippen LogP contribution in [0.3, 0.4) is 0 Å². The van der Waals surface area contributed by atoms with Crippen LogP contribution in [-0.2, 0) is 16.1 Å². The molecule has 1 aromatic carbocycles. The molecule has 0 bridgehead atoms. The summed E-state index contributed by atoms with van der Waals surface area (Å²) in [7, 11) is 1.70. The first-order chi connectivity index (χ1) is 12.2. The van der Waals surface area contributed by atoms with Gasteiger partial charge in [-0.1, -0.05) is 18.2 Å². The molecule has 25 heavy (non-hydrogen) atoms. The number of methoxy groups -OCH3 is 1. The van der Waals surface area contributed by atoms with Crippen LogP contribution in [0.25, 0.3) is 0 Å². The van der Waals surface area contributed by atoms with E-state index in [1.807, 2.05) is 23.1 Å². The highest BCUT2D eigenvalue weighted by Gasteiger charge is 2.31. The van der Waals surface area contributed by atoms with Crippen LogP contribution < -0.4 is 10.5 Å². The van der Waals surface area contributed by atoms with Crippen molar-refractivity contribution in [1.82, 2.24) is 9.80 Å². The lowest BCUT2D eigenvalue weighted by molar-refractivity contribution is -0.136. The largest absolute Gasteiger partial charge is 0.496 e. The minimum Gasteiger partial charge on any atom is -0.496 e. The van der Waals surface area contributed by atoms with Gasteiger partial charge in [0.15, 0.2) is 0 Å². The first-order valence-corrected chi connectivity index (χ1v) is 9.15. The van der Waals surface area contributed by atoms with Gasteiger partial charge in [0.25, 0.3) is 0 Å². The summed E-state index contributed by atoms with van der Waals surface area (Å²) >= 11 is 0. The molecule has 1 atom stereocenters. The number of carbonyl (C=O) groups is 1. The lowest BCUT2D eigenvalue weighted by atomic mass is 9.91.